The number of carbonyl (C=O) groups excluding carboxylic acids is 1. The lowest BCUT2D eigenvalue weighted by molar-refractivity contribution is -0.185. The molecule has 0 radical (unpaired) electrons. The highest BCUT2D eigenvalue weighted by atomic mass is 19.4. The normalized spacial score (nSPS) is 30.1. The van der Waals surface area contributed by atoms with Gasteiger partial charge < -0.3 is 4.79 Å². The molecule has 0 amide bonds. The largest absolute Gasteiger partial charge is 0.391 e. The van der Waals surface area contributed by atoms with E-state index < -0.39 is 12.1 Å². The summed E-state index contributed by atoms with van der Waals surface area (Å²) in [5, 5.41) is 0. The Morgan fingerprint density at radius 3 is 2.54 bits per heavy atom. The van der Waals surface area contributed by atoms with Crippen molar-refractivity contribution in [1.82, 2.24) is 0 Å². The van der Waals surface area contributed by atoms with Crippen LogP contribution in [0.2, 0.25) is 0 Å². The van der Waals surface area contributed by atoms with Crippen LogP contribution >= 0.6 is 0 Å². The summed E-state index contributed by atoms with van der Waals surface area (Å²) in [7, 11) is 0. The van der Waals surface area contributed by atoms with Crippen LogP contribution < -0.4 is 0 Å². The van der Waals surface area contributed by atoms with Crippen LogP contribution in [0.1, 0.15) is 32.1 Å². The number of hydrogen-bond acceptors (Lipinski definition) is 1. The van der Waals surface area contributed by atoms with Crippen molar-refractivity contribution in [3.05, 3.63) is 0 Å². The smallest absolute Gasteiger partial charge is 0.303 e. The van der Waals surface area contributed by atoms with Crippen LogP contribution in [0.3, 0.4) is 0 Å². The van der Waals surface area contributed by atoms with E-state index in [-0.39, 0.29) is 25.2 Å². The highest BCUT2D eigenvalue weighted by molar-refractivity contribution is 5.49. The molecule has 1 aliphatic carbocycles. The second-order valence-electron chi connectivity index (χ2n) is 3.67. The van der Waals surface area contributed by atoms with Gasteiger partial charge in [-0.2, -0.15) is 13.2 Å². The molecule has 1 rings (SSSR count). The average molecular weight is 194 g/mol. The molecule has 1 fully saturated rings. The number of rotatable bonds is 2. The highest BCUT2D eigenvalue weighted by Gasteiger charge is 2.41. The van der Waals surface area contributed by atoms with Crippen molar-refractivity contribution in [3.8, 4) is 0 Å². The van der Waals surface area contributed by atoms with E-state index in [0.717, 1.165) is 12.7 Å². The van der Waals surface area contributed by atoms with E-state index in [9.17, 15) is 18.0 Å². The first kappa shape index (κ1) is 10.5. The molecule has 2 atom stereocenters. The monoisotopic (exact) mass is 194 g/mol. The van der Waals surface area contributed by atoms with Crippen LogP contribution in [-0.2, 0) is 4.79 Å². The maximum atomic E-state index is 12.3. The Hall–Kier alpha value is -0.540. The molecule has 76 valence electrons. The van der Waals surface area contributed by atoms with E-state index in [2.05, 4.69) is 0 Å². The van der Waals surface area contributed by atoms with Crippen molar-refractivity contribution in [2.45, 2.75) is 38.3 Å². The summed E-state index contributed by atoms with van der Waals surface area (Å²) in [5.41, 5.74) is 0. The third kappa shape index (κ3) is 3.01. The van der Waals surface area contributed by atoms with Crippen LogP contribution in [0.5, 0.6) is 0 Å². The molecule has 0 saturated heterocycles. The van der Waals surface area contributed by atoms with E-state index in [4.69, 9.17) is 0 Å². The average Bonchev–Trinajstić information content (AvgIpc) is 2.04. The second-order valence-corrected chi connectivity index (χ2v) is 3.67. The Labute approximate surface area is 75.3 Å². The van der Waals surface area contributed by atoms with Crippen molar-refractivity contribution in [2.24, 2.45) is 11.8 Å². The summed E-state index contributed by atoms with van der Waals surface area (Å²) in [4.78, 5) is 10.1. The zero-order valence-corrected chi connectivity index (χ0v) is 7.31. The highest BCUT2D eigenvalue weighted by Crippen LogP contribution is 2.40. The fourth-order valence-corrected chi connectivity index (χ4v) is 1.94. The molecular weight excluding hydrogens is 181 g/mol. The fourth-order valence-electron chi connectivity index (χ4n) is 1.94. The molecule has 0 heterocycles. The van der Waals surface area contributed by atoms with Crippen molar-refractivity contribution < 1.29 is 18.0 Å². The predicted molar refractivity (Wildman–Crippen MR) is 42.2 cm³/mol. The van der Waals surface area contributed by atoms with Gasteiger partial charge in [0.1, 0.15) is 6.29 Å². The van der Waals surface area contributed by atoms with Crippen molar-refractivity contribution >= 4 is 6.29 Å². The molecule has 0 aliphatic heterocycles. The summed E-state index contributed by atoms with van der Waals surface area (Å²) >= 11 is 0. The van der Waals surface area contributed by atoms with Gasteiger partial charge in [-0.05, 0) is 18.8 Å². The quantitative estimate of drug-likeness (QED) is 0.617. The van der Waals surface area contributed by atoms with Gasteiger partial charge in [0.25, 0.3) is 0 Å². The third-order valence-corrected chi connectivity index (χ3v) is 2.68. The Bertz CT molecular complexity index is 176. The predicted octanol–water partition coefficient (Wildman–Crippen LogP) is 2.94. The maximum Gasteiger partial charge on any atom is 0.391 e. The zero-order valence-electron chi connectivity index (χ0n) is 7.31. The molecule has 1 saturated carbocycles. The number of carbonyl (C=O) groups is 1. The van der Waals surface area contributed by atoms with E-state index >= 15 is 0 Å². The number of alkyl halides is 3. The summed E-state index contributed by atoms with van der Waals surface area (Å²) in [6.07, 6.45) is -1.31. The maximum absolute atomic E-state index is 12.3. The van der Waals surface area contributed by atoms with Crippen molar-refractivity contribution in [3.63, 3.8) is 0 Å². The minimum absolute atomic E-state index is 0.0436. The van der Waals surface area contributed by atoms with Crippen LogP contribution in [0.25, 0.3) is 0 Å². The minimum atomic E-state index is -4.07. The molecule has 0 spiro atoms. The van der Waals surface area contributed by atoms with E-state index in [1.165, 1.54) is 0 Å². The Balaban J connectivity index is 2.46. The third-order valence-electron chi connectivity index (χ3n) is 2.68. The first-order valence-corrected chi connectivity index (χ1v) is 4.54. The lowest BCUT2D eigenvalue weighted by atomic mass is 9.80. The van der Waals surface area contributed by atoms with E-state index in [0.29, 0.717) is 6.42 Å². The van der Waals surface area contributed by atoms with Gasteiger partial charge in [-0.15, -0.1) is 0 Å². The topological polar surface area (TPSA) is 17.1 Å². The number of aldehydes is 1. The Morgan fingerprint density at radius 2 is 2.00 bits per heavy atom. The number of hydrogen-bond donors (Lipinski definition) is 0. The van der Waals surface area contributed by atoms with Gasteiger partial charge in [0.05, 0.1) is 5.92 Å². The number of halogens is 3. The van der Waals surface area contributed by atoms with Crippen LogP contribution in [-0.4, -0.2) is 12.5 Å². The molecule has 13 heavy (non-hydrogen) atoms. The molecule has 0 aromatic heterocycles. The molecule has 0 aromatic rings. The summed E-state index contributed by atoms with van der Waals surface area (Å²) in [6.45, 7) is 0. The molecule has 0 bridgehead atoms. The fraction of sp³-hybridized carbons (Fsp3) is 0.889. The van der Waals surface area contributed by atoms with Gasteiger partial charge in [0.15, 0.2) is 0 Å². The van der Waals surface area contributed by atoms with Gasteiger partial charge in [0, 0.05) is 6.42 Å². The van der Waals surface area contributed by atoms with Crippen molar-refractivity contribution in [1.29, 1.82) is 0 Å². The summed E-state index contributed by atoms with van der Waals surface area (Å²) < 4.78 is 36.8. The van der Waals surface area contributed by atoms with Crippen LogP contribution in [0.15, 0.2) is 0 Å². The molecule has 1 nitrogen and oxygen atoms in total. The van der Waals surface area contributed by atoms with Gasteiger partial charge in [-0.25, -0.2) is 0 Å². The summed E-state index contributed by atoms with van der Waals surface area (Å²) in [5.74, 6) is -1.22. The standard InChI is InChI=1S/C9H13F3O/c10-9(11,12)8-3-1-2-7(6-8)4-5-13/h5,7-8H,1-4,6H2. The SMILES string of the molecule is O=CCC1CCCC(C(F)(F)F)C1. The van der Waals surface area contributed by atoms with E-state index in [1.54, 1.807) is 0 Å². The molecule has 1 aliphatic rings. The second kappa shape index (κ2) is 4.11. The molecule has 0 aromatic carbocycles. The molecule has 0 N–H and O–H groups in total. The zero-order chi connectivity index (χ0) is 9.90. The molecule has 4 heteroatoms. The van der Waals surface area contributed by atoms with Gasteiger partial charge in [-0.3, -0.25) is 0 Å². The van der Waals surface area contributed by atoms with Gasteiger partial charge in [-0.1, -0.05) is 12.8 Å². The van der Waals surface area contributed by atoms with Crippen LogP contribution in [0, 0.1) is 11.8 Å². The van der Waals surface area contributed by atoms with Crippen LogP contribution in [0.4, 0.5) is 13.2 Å². The van der Waals surface area contributed by atoms with Crippen molar-refractivity contribution in [2.75, 3.05) is 0 Å². The van der Waals surface area contributed by atoms with Gasteiger partial charge >= 0.3 is 6.18 Å². The van der Waals surface area contributed by atoms with Gasteiger partial charge in [0.2, 0.25) is 0 Å². The first-order chi connectivity index (χ1) is 6.04. The van der Waals surface area contributed by atoms with E-state index in [1.807, 2.05) is 0 Å². The summed E-state index contributed by atoms with van der Waals surface area (Å²) in [6, 6.07) is 0. The Morgan fingerprint density at radius 1 is 1.31 bits per heavy atom. The minimum Gasteiger partial charge on any atom is -0.303 e. The lowest BCUT2D eigenvalue weighted by Crippen LogP contribution is -2.28. The molecule has 2 unspecified atom stereocenters. The lowest BCUT2D eigenvalue weighted by Gasteiger charge is -2.29. The Kier molecular flexibility index (Phi) is 3.33. The molecular formula is C9H13F3O. The first-order valence-electron chi connectivity index (χ1n) is 4.54.